The van der Waals surface area contributed by atoms with Crippen molar-refractivity contribution in [1.29, 1.82) is 0 Å². The maximum Gasteiger partial charge on any atom is 0.322 e. The molecule has 2 heterocycles. The number of nitrogens with two attached hydrogens (primary N) is 1. The first-order chi connectivity index (χ1) is 12.0. The summed E-state index contributed by atoms with van der Waals surface area (Å²) in [6.45, 7) is 3.05. The fourth-order valence-electron chi connectivity index (χ4n) is 3.09. The van der Waals surface area contributed by atoms with E-state index in [-0.39, 0.29) is 23.9 Å². The van der Waals surface area contributed by atoms with Crippen LogP contribution in [0, 0.1) is 5.92 Å². The lowest BCUT2D eigenvalue weighted by atomic mass is 9.93. The van der Waals surface area contributed by atoms with Crippen molar-refractivity contribution in [2.45, 2.75) is 32.4 Å². The number of anilines is 1. The van der Waals surface area contributed by atoms with Gasteiger partial charge in [-0.15, -0.1) is 0 Å². The van der Waals surface area contributed by atoms with E-state index in [4.69, 9.17) is 5.73 Å². The molecule has 25 heavy (non-hydrogen) atoms. The highest BCUT2D eigenvalue weighted by Gasteiger charge is 2.31. The van der Waals surface area contributed by atoms with Crippen molar-refractivity contribution >= 4 is 17.6 Å². The molecule has 1 aromatic heterocycles. The maximum atomic E-state index is 12.5. The zero-order valence-corrected chi connectivity index (χ0v) is 14.3. The molecule has 3 rings (SSSR count). The predicted molar refractivity (Wildman–Crippen MR) is 94.9 cm³/mol. The van der Waals surface area contributed by atoms with Gasteiger partial charge in [0.2, 0.25) is 5.91 Å². The van der Waals surface area contributed by atoms with E-state index in [1.54, 1.807) is 11.1 Å². The number of benzene rings is 1. The van der Waals surface area contributed by atoms with Crippen LogP contribution in [0.25, 0.3) is 0 Å². The van der Waals surface area contributed by atoms with Crippen molar-refractivity contribution in [1.82, 2.24) is 14.7 Å². The van der Waals surface area contributed by atoms with Crippen LogP contribution in [0.1, 0.15) is 25.3 Å². The van der Waals surface area contributed by atoms with Gasteiger partial charge in [-0.2, -0.15) is 5.10 Å². The molecule has 3 amide bonds. The molecule has 1 aliphatic rings. The van der Waals surface area contributed by atoms with Gasteiger partial charge in [-0.25, -0.2) is 4.79 Å². The third-order valence-electron chi connectivity index (χ3n) is 4.65. The van der Waals surface area contributed by atoms with E-state index in [1.807, 2.05) is 48.1 Å². The Hall–Kier alpha value is -2.83. The lowest BCUT2D eigenvalue weighted by Crippen LogP contribution is -2.50. The number of nitrogens with one attached hydrogen (secondary N) is 1. The van der Waals surface area contributed by atoms with Crippen molar-refractivity contribution in [3.8, 4) is 0 Å². The van der Waals surface area contributed by atoms with E-state index in [1.165, 1.54) is 0 Å². The van der Waals surface area contributed by atoms with E-state index in [0.29, 0.717) is 13.1 Å². The Balaban J connectivity index is 1.61. The maximum absolute atomic E-state index is 12.5. The first-order valence-corrected chi connectivity index (χ1v) is 8.46. The molecule has 1 aromatic carbocycles. The zero-order chi connectivity index (χ0) is 17.8. The van der Waals surface area contributed by atoms with Crippen molar-refractivity contribution in [2.75, 3.05) is 11.9 Å². The molecule has 0 aliphatic carbocycles. The third-order valence-corrected chi connectivity index (χ3v) is 4.65. The quantitative estimate of drug-likeness (QED) is 0.891. The minimum atomic E-state index is -0.340. The Morgan fingerprint density at radius 2 is 2.04 bits per heavy atom. The second kappa shape index (κ2) is 7.38. The molecule has 132 valence electrons. The van der Waals surface area contributed by atoms with Crippen LogP contribution in [-0.2, 0) is 11.3 Å². The smallest absolute Gasteiger partial charge is 0.322 e. The summed E-state index contributed by atoms with van der Waals surface area (Å²) in [4.78, 5) is 25.6. The van der Waals surface area contributed by atoms with E-state index in [9.17, 15) is 9.59 Å². The van der Waals surface area contributed by atoms with Crippen LogP contribution >= 0.6 is 0 Å². The van der Waals surface area contributed by atoms with Gasteiger partial charge in [-0.3, -0.25) is 9.48 Å². The summed E-state index contributed by atoms with van der Waals surface area (Å²) < 4.78 is 1.84. The summed E-state index contributed by atoms with van der Waals surface area (Å²) in [6, 6.07) is 9.45. The average molecular weight is 341 g/mol. The van der Waals surface area contributed by atoms with Gasteiger partial charge in [0.05, 0.1) is 12.5 Å². The summed E-state index contributed by atoms with van der Waals surface area (Å²) in [7, 11) is 0. The number of nitrogens with zero attached hydrogens (tertiary/aromatic N) is 3. The molecule has 0 radical (unpaired) electrons. The number of urea groups is 1. The van der Waals surface area contributed by atoms with Gasteiger partial charge < -0.3 is 16.0 Å². The number of aromatic nitrogens is 2. The van der Waals surface area contributed by atoms with Gasteiger partial charge in [0.15, 0.2) is 0 Å². The van der Waals surface area contributed by atoms with Gasteiger partial charge in [-0.1, -0.05) is 12.1 Å². The van der Waals surface area contributed by atoms with Crippen molar-refractivity contribution in [3.63, 3.8) is 0 Å². The molecular weight excluding hydrogens is 318 g/mol. The van der Waals surface area contributed by atoms with Crippen molar-refractivity contribution in [3.05, 3.63) is 48.3 Å². The highest BCUT2D eigenvalue weighted by Crippen LogP contribution is 2.22. The molecule has 3 N–H and O–H groups in total. The van der Waals surface area contributed by atoms with Gasteiger partial charge in [-0.05, 0) is 43.5 Å². The number of carbonyl (C=O) groups is 2. The highest BCUT2D eigenvalue weighted by molar-refractivity contribution is 5.90. The number of primary amides is 1. The molecule has 0 bridgehead atoms. The standard InChI is InChI=1S/C18H23N5O2/c1-13-3-6-15(17(19)24)12-23(13)18(25)21-16-7-4-14(5-8-16)11-22-10-2-9-20-22/h2,4-5,7-10,13,15H,3,6,11-12H2,1H3,(H2,19,24)(H,21,25)/t13-,15-/m0/s1. The average Bonchev–Trinajstić information content (AvgIpc) is 3.09. The van der Waals surface area contributed by atoms with Crippen molar-refractivity contribution in [2.24, 2.45) is 11.7 Å². The van der Waals surface area contributed by atoms with Gasteiger partial charge in [0.25, 0.3) is 0 Å². The lowest BCUT2D eigenvalue weighted by molar-refractivity contribution is -0.123. The first-order valence-electron chi connectivity index (χ1n) is 8.46. The van der Waals surface area contributed by atoms with Gasteiger partial charge in [0, 0.05) is 30.7 Å². The molecule has 2 aromatic rings. The van der Waals surface area contributed by atoms with E-state index >= 15 is 0 Å². The van der Waals surface area contributed by atoms with E-state index in [2.05, 4.69) is 10.4 Å². The van der Waals surface area contributed by atoms with Gasteiger partial charge >= 0.3 is 6.03 Å². The molecule has 1 aliphatic heterocycles. The Labute approximate surface area is 146 Å². The second-order valence-corrected chi connectivity index (χ2v) is 6.51. The monoisotopic (exact) mass is 341 g/mol. The number of hydrogen-bond acceptors (Lipinski definition) is 3. The summed E-state index contributed by atoms with van der Waals surface area (Å²) in [5, 5.41) is 7.08. The summed E-state index contributed by atoms with van der Waals surface area (Å²) in [5.74, 6) is -0.605. The second-order valence-electron chi connectivity index (χ2n) is 6.51. The summed E-state index contributed by atoms with van der Waals surface area (Å²) >= 11 is 0. The summed E-state index contributed by atoms with van der Waals surface area (Å²) in [6.07, 6.45) is 5.17. The number of likely N-dealkylation sites (tertiary alicyclic amines) is 1. The minimum absolute atomic E-state index is 0.0923. The number of rotatable bonds is 4. The van der Waals surface area contributed by atoms with E-state index in [0.717, 1.165) is 24.1 Å². The highest BCUT2D eigenvalue weighted by atomic mass is 16.2. The molecular formula is C18H23N5O2. The van der Waals surface area contributed by atoms with Crippen LogP contribution < -0.4 is 11.1 Å². The molecule has 7 heteroatoms. The van der Waals surface area contributed by atoms with Gasteiger partial charge in [0.1, 0.15) is 0 Å². The van der Waals surface area contributed by atoms with E-state index < -0.39 is 0 Å². The number of hydrogen-bond donors (Lipinski definition) is 2. The zero-order valence-electron chi connectivity index (χ0n) is 14.3. The number of amides is 3. The van der Waals surface area contributed by atoms with Crippen LogP contribution in [0.15, 0.2) is 42.7 Å². The SMILES string of the molecule is C[C@H]1CC[C@H](C(N)=O)CN1C(=O)Nc1ccc(Cn2cccn2)cc1. The lowest BCUT2D eigenvalue weighted by Gasteiger charge is -2.36. The third kappa shape index (κ3) is 4.17. The molecule has 1 fully saturated rings. The largest absolute Gasteiger partial charge is 0.369 e. The molecule has 1 saturated heterocycles. The molecule has 0 saturated carbocycles. The predicted octanol–water partition coefficient (Wildman–Crippen LogP) is 2.05. The van der Waals surface area contributed by atoms with Crippen LogP contribution in [0.5, 0.6) is 0 Å². The Kier molecular flexibility index (Phi) is 5.02. The first kappa shape index (κ1) is 17.0. The Morgan fingerprint density at radius 3 is 2.68 bits per heavy atom. The van der Waals surface area contributed by atoms with Crippen LogP contribution in [0.4, 0.5) is 10.5 Å². The normalized spacial score (nSPS) is 20.3. The summed E-state index contributed by atoms with van der Waals surface area (Å²) in [5.41, 5.74) is 7.22. The topological polar surface area (TPSA) is 93.3 Å². The molecule has 7 nitrogen and oxygen atoms in total. The number of carbonyl (C=O) groups excluding carboxylic acids is 2. The van der Waals surface area contributed by atoms with Crippen LogP contribution in [-0.4, -0.2) is 39.2 Å². The Morgan fingerprint density at radius 1 is 1.28 bits per heavy atom. The minimum Gasteiger partial charge on any atom is -0.369 e. The fraction of sp³-hybridized carbons (Fsp3) is 0.389. The van der Waals surface area contributed by atoms with Crippen molar-refractivity contribution < 1.29 is 9.59 Å². The fourth-order valence-corrected chi connectivity index (χ4v) is 3.09. The van der Waals surface area contributed by atoms with Crippen LogP contribution in [0.3, 0.4) is 0 Å². The molecule has 0 spiro atoms. The van der Waals surface area contributed by atoms with Crippen LogP contribution in [0.2, 0.25) is 0 Å². The number of piperidine rings is 1. The Bertz CT molecular complexity index is 726. The molecule has 2 atom stereocenters. The molecule has 0 unspecified atom stereocenters.